The fourth-order valence-corrected chi connectivity index (χ4v) is 0.752. The minimum atomic E-state index is -0.284. The summed E-state index contributed by atoms with van der Waals surface area (Å²) >= 11 is 0. The van der Waals surface area contributed by atoms with E-state index in [-0.39, 0.29) is 5.91 Å². The molecule has 0 aliphatic carbocycles. The molecule has 0 aliphatic rings. The average molecular weight is 156 g/mol. The van der Waals surface area contributed by atoms with E-state index < -0.39 is 0 Å². The summed E-state index contributed by atoms with van der Waals surface area (Å²) in [6.45, 7) is 6.06. The van der Waals surface area contributed by atoms with Crippen molar-refractivity contribution in [3.8, 4) is 0 Å². The van der Waals surface area contributed by atoms with Gasteiger partial charge in [-0.15, -0.1) is 0 Å². The highest BCUT2D eigenvalue weighted by Gasteiger charge is 1.90. The summed E-state index contributed by atoms with van der Waals surface area (Å²) in [7, 11) is 0. The van der Waals surface area contributed by atoms with Crippen molar-refractivity contribution in [2.45, 2.75) is 20.3 Å². The molecule has 0 fully saturated rings. The van der Waals surface area contributed by atoms with Crippen LogP contribution in [0.3, 0.4) is 0 Å². The van der Waals surface area contributed by atoms with E-state index >= 15 is 0 Å². The zero-order valence-corrected chi connectivity index (χ0v) is 7.21. The number of nitrogens with zero attached hydrogens (tertiary/aromatic N) is 1. The Balaban J connectivity index is 3.61. The Morgan fingerprint density at radius 3 is 2.36 bits per heavy atom. The molecule has 0 aromatic carbocycles. The molecule has 0 saturated carbocycles. The molecule has 0 saturated heterocycles. The van der Waals surface area contributed by atoms with E-state index in [4.69, 9.17) is 5.73 Å². The number of nitrogens with two attached hydrogens (primary N) is 1. The van der Waals surface area contributed by atoms with Gasteiger partial charge < -0.3 is 10.6 Å². The number of carbonyl (C=O) groups is 1. The van der Waals surface area contributed by atoms with Crippen LogP contribution < -0.4 is 5.73 Å². The molecule has 2 N–H and O–H groups in total. The Kier molecular flexibility index (Phi) is 5.25. The summed E-state index contributed by atoms with van der Waals surface area (Å²) in [5.74, 6) is -0.284. The molecule has 11 heavy (non-hydrogen) atoms. The maximum absolute atomic E-state index is 10.3. The van der Waals surface area contributed by atoms with E-state index in [0.717, 1.165) is 13.1 Å². The summed E-state index contributed by atoms with van der Waals surface area (Å²) in [5, 5.41) is 0. The van der Waals surface area contributed by atoms with Gasteiger partial charge in [0.05, 0.1) is 0 Å². The molecule has 0 aromatic rings. The van der Waals surface area contributed by atoms with E-state index in [1.165, 1.54) is 0 Å². The summed E-state index contributed by atoms with van der Waals surface area (Å²) in [6.07, 6.45) is 4.02. The lowest BCUT2D eigenvalue weighted by Gasteiger charge is -2.14. The standard InChI is InChI=1S/C8H16N2O/c1-3-10(4-2)7-5-6-8(9)11/h5,7H,3-4,6H2,1-2H3,(H2,9,11). The zero-order chi connectivity index (χ0) is 8.69. The molecule has 1 amide bonds. The van der Waals surface area contributed by atoms with E-state index in [2.05, 4.69) is 18.7 Å². The maximum Gasteiger partial charge on any atom is 0.221 e. The SMILES string of the molecule is CCN(C=CCC(N)=O)CC. The fraction of sp³-hybridized carbons (Fsp3) is 0.625. The van der Waals surface area contributed by atoms with Crippen molar-refractivity contribution in [2.75, 3.05) is 13.1 Å². The van der Waals surface area contributed by atoms with Crippen molar-refractivity contribution in [1.82, 2.24) is 4.90 Å². The zero-order valence-electron chi connectivity index (χ0n) is 7.21. The first-order valence-electron chi connectivity index (χ1n) is 3.89. The first kappa shape index (κ1) is 10.0. The highest BCUT2D eigenvalue weighted by atomic mass is 16.1. The molecule has 0 spiro atoms. The van der Waals surface area contributed by atoms with Crippen molar-refractivity contribution < 1.29 is 4.79 Å². The van der Waals surface area contributed by atoms with Crippen LogP contribution in [0, 0.1) is 0 Å². The second-order valence-corrected chi connectivity index (χ2v) is 2.28. The van der Waals surface area contributed by atoms with Crippen LogP contribution in [-0.4, -0.2) is 23.9 Å². The van der Waals surface area contributed by atoms with Crippen LogP contribution in [0.2, 0.25) is 0 Å². The number of hydrogen-bond acceptors (Lipinski definition) is 2. The molecular formula is C8H16N2O. The van der Waals surface area contributed by atoms with Gasteiger partial charge in [-0.1, -0.05) is 6.08 Å². The van der Waals surface area contributed by atoms with Crippen molar-refractivity contribution in [3.05, 3.63) is 12.3 Å². The third-order valence-corrected chi connectivity index (χ3v) is 1.45. The van der Waals surface area contributed by atoms with Crippen molar-refractivity contribution in [3.63, 3.8) is 0 Å². The first-order chi connectivity index (χ1) is 5.20. The molecular weight excluding hydrogens is 140 g/mol. The first-order valence-corrected chi connectivity index (χ1v) is 3.89. The van der Waals surface area contributed by atoms with Crippen LogP contribution in [0.5, 0.6) is 0 Å². The molecule has 0 bridgehead atoms. The largest absolute Gasteiger partial charge is 0.378 e. The second kappa shape index (κ2) is 5.77. The van der Waals surface area contributed by atoms with Gasteiger partial charge in [-0.2, -0.15) is 0 Å². The minimum absolute atomic E-state index is 0.284. The molecule has 64 valence electrons. The van der Waals surface area contributed by atoms with E-state index in [1.807, 2.05) is 6.20 Å². The van der Waals surface area contributed by atoms with Crippen LogP contribution in [0.1, 0.15) is 20.3 Å². The van der Waals surface area contributed by atoms with Gasteiger partial charge >= 0.3 is 0 Å². The lowest BCUT2D eigenvalue weighted by Crippen LogP contribution is -2.16. The predicted octanol–water partition coefficient (Wildman–Crippen LogP) is 0.717. The fourth-order valence-electron chi connectivity index (χ4n) is 0.752. The third kappa shape index (κ3) is 5.45. The Hall–Kier alpha value is -0.990. The van der Waals surface area contributed by atoms with Crippen LogP contribution in [0.15, 0.2) is 12.3 Å². The number of carbonyl (C=O) groups excluding carboxylic acids is 1. The summed E-state index contributed by atoms with van der Waals surface area (Å²) in [6, 6.07) is 0. The normalized spacial score (nSPS) is 10.4. The van der Waals surface area contributed by atoms with Crippen LogP contribution in [0.4, 0.5) is 0 Å². The Labute approximate surface area is 67.9 Å². The van der Waals surface area contributed by atoms with Gasteiger partial charge in [0.2, 0.25) is 5.91 Å². The molecule has 0 unspecified atom stereocenters. The van der Waals surface area contributed by atoms with Gasteiger partial charge in [-0.25, -0.2) is 0 Å². The van der Waals surface area contributed by atoms with Crippen molar-refractivity contribution in [1.29, 1.82) is 0 Å². The molecule has 0 atom stereocenters. The lowest BCUT2D eigenvalue weighted by atomic mass is 10.4. The van der Waals surface area contributed by atoms with Gasteiger partial charge in [0.1, 0.15) is 0 Å². The quantitative estimate of drug-likeness (QED) is 0.637. The number of hydrogen-bond donors (Lipinski definition) is 1. The van der Waals surface area contributed by atoms with Crippen molar-refractivity contribution in [2.24, 2.45) is 5.73 Å². The smallest absolute Gasteiger partial charge is 0.221 e. The Bertz CT molecular complexity index is 139. The molecule has 0 heterocycles. The predicted molar refractivity (Wildman–Crippen MR) is 45.9 cm³/mol. The molecule has 0 radical (unpaired) electrons. The summed E-state index contributed by atoms with van der Waals surface area (Å²) in [5.41, 5.74) is 4.95. The maximum atomic E-state index is 10.3. The van der Waals surface area contributed by atoms with E-state index in [0.29, 0.717) is 6.42 Å². The second-order valence-electron chi connectivity index (χ2n) is 2.28. The average Bonchev–Trinajstić information content (AvgIpc) is 1.98. The molecule has 3 nitrogen and oxygen atoms in total. The van der Waals surface area contributed by atoms with Gasteiger partial charge in [0.25, 0.3) is 0 Å². The van der Waals surface area contributed by atoms with Gasteiger partial charge in [-0.3, -0.25) is 4.79 Å². The molecule has 3 heteroatoms. The van der Waals surface area contributed by atoms with Gasteiger partial charge in [-0.05, 0) is 20.0 Å². The van der Waals surface area contributed by atoms with Crippen molar-refractivity contribution >= 4 is 5.91 Å². The monoisotopic (exact) mass is 156 g/mol. The highest BCUT2D eigenvalue weighted by Crippen LogP contribution is 1.89. The topological polar surface area (TPSA) is 46.3 Å². The van der Waals surface area contributed by atoms with Gasteiger partial charge in [0, 0.05) is 19.5 Å². The Morgan fingerprint density at radius 2 is 2.00 bits per heavy atom. The highest BCUT2D eigenvalue weighted by molar-refractivity contribution is 5.75. The van der Waals surface area contributed by atoms with E-state index in [9.17, 15) is 4.79 Å². The van der Waals surface area contributed by atoms with Crippen LogP contribution in [0.25, 0.3) is 0 Å². The van der Waals surface area contributed by atoms with Gasteiger partial charge in [0.15, 0.2) is 0 Å². The number of rotatable bonds is 5. The summed E-state index contributed by atoms with van der Waals surface area (Å²) < 4.78 is 0. The third-order valence-electron chi connectivity index (χ3n) is 1.45. The molecule has 0 aliphatic heterocycles. The molecule has 0 rings (SSSR count). The van der Waals surface area contributed by atoms with Crippen LogP contribution >= 0.6 is 0 Å². The Morgan fingerprint density at radius 1 is 1.45 bits per heavy atom. The van der Waals surface area contributed by atoms with E-state index in [1.54, 1.807) is 6.08 Å². The number of amides is 1. The number of primary amides is 1. The van der Waals surface area contributed by atoms with Crippen LogP contribution in [-0.2, 0) is 4.79 Å². The molecule has 0 aromatic heterocycles. The summed E-state index contributed by atoms with van der Waals surface area (Å²) in [4.78, 5) is 12.4. The lowest BCUT2D eigenvalue weighted by molar-refractivity contribution is -0.117. The minimum Gasteiger partial charge on any atom is -0.378 e.